The molecule has 5 heteroatoms. The molecule has 2 fully saturated rings. The van der Waals surface area contributed by atoms with Crippen molar-refractivity contribution in [1.82, 2.24) is 9.88 Å². The van der Waals surface area contributed by atoms with E-state index < -0.39 is 0 Å². The number of thiazole rings is 1. The lowest BCUT2D eigenvalue weighted by molar-refractivity contribution is 0.242. The third-order valence-electron chi connectivity index (χ3n) is 6.58. The largest absolute Gasteiger partial charge is 0.490 e. The summed E-state index contributed by atoms with van der Waals surface area (Å²) in [4.78, 5) is 8.61. The molecular weight excluding hydrogens is 414 g/mol. The fourth-order valence-corrected chi connectivity index (χ4v) is 6.09. The molecule has 32 heavy (non-hydrogen) atoms. The van der Waals surface area contributed by atoms with Gasteiger partial charge in [-0.2, -0.15) is 5.26 Å². The second kappa shape index (κ2) is 9.05. The van der Waals surface area contributed by atoms with Crippen molar-refractivity contribution in [2.75, 3.05) is 13.1 Å². The molecular formula is C27H29N3OS. The van der Waals surface area contributed by atoms with Gasteiger partial charge in [-0.05, 0) is 88.4 Å². The van der Waals surface area contributed by atoms with Gasteiger partial charge in [-0.25, -0.2) is 4.98 Å². The Hall–Kier alpha value is -2.68. The van der Waals surface area contributed by atoms with Gasteiger partial charge in [0.15, 0.2) is 0 Å². The highest BCUT2D eigenvalue weighted by atomic mass is 32.1. The monoisotopic (exact) mass is 443 g/mol. The molecule has 2 aromatic rings. The van der Waals surface area contributed by atoms with Crippen LogP contribution in [0.3, 0.4) is 0 Å². The molecule has 0 spiro atoms. The maximum atomic E-state index is 9.57. The normalized spacial score (nSPS) is 20.9. The summed E-state index contributed by atoms with van der Waals surface area (Å²) in [5.74, 6) is 0.632. The van der Waals surface area contributed by atoms with E-state index in [1.54, 1.807) is 16.9 Å². The topological polar surface area (TPSA) is 49.1 Å². The second-order valence-electron chi connectivity index (χ2n) is 9.11. The van der Waals surface area contributed by atoms with E-state index >= 15 is 0 Å². The summed E-state index contributed by atoms with van der Waals surface area (Å²) in [5.41, 5.74) is 5.96. The summed E-state index contributed by atoms with van der Waals surface area (Å²) >= 11 is 1.71. The van der Waals surface area contributed by atoms with Gasteiger partial charge in [-0.3, -0.25) is 4.90 Å². The number of benzene rings is 1. The van der Waals surface area contributed by atoms with Gasteiger partial charge in [0.2, 0.25) is 0 Å². The molecule has 0 amide bonds. The van der Waals surface area contributed by atoms with Crippen LogP contribution in [0.5, 0.6) is 5.75 Å². The van der Waals surface area contributed by atoms with E-state index in [1.807, 2.05) is 38.2 Å². The summed E-state index contributed by atoms with van der Waals surface area (Å²) < 4.78 is 5.77. The SMILES string of the molecule is CC(C)Oc1ccc(-c2ncc(C3=C4CCC(N5CCCC5)C(=CC=C3)C4)s2)cc1C#N. The Balaban J connectivity index is 1.40. The van der Waals surface area contributed by atoms with E-state index in [0.717, 1.165) is 23.4 Å². The van der Waals surface area contributed by atoms with Crippen molar-refractivity contribution in [3.8, 4) is 22.4 Å². The molecule has 2 aliphatic carbocycles. The van der Waals surface area contributed by atoms with Crippen LogP contribution in [0.4, 0.5) is 0 Å². The summed E-state index contributed by atoms with van der Waals surface area (Å²) in [5, 5.41) is 10.5. The van der Waals surface area contributed by atoms with Crippen LogP contribution in [0.15, 0.2) is 53.8 Å². The van der Waals surface area contributed by atoms with Crippen molar-refractivity contribution in [2.45, 2.75) is 58.1 Å². The van der Waals surface area contributed by atoms with Crippen LogP contribution in [0.2, 0.25) is 0 Å². The first-order valence-electron chi connectivity index (χ1n) is 11.6. The minimum Gasteiger partial charge on any atom is -0.490 e. The molecule has 3 aliphatic rings. The molecule has 0 radical (unpaired) electrons. The Morgan fingerprint density at radius 1 is 1.25 bits per heavy atom. The van der Waals surface area contributed by atoms with Gasteiger partial charge >= 0.3 is 0 Å². The molecule has 1 saturated carbocycles. The van der Waals surface area contributed by atoms with Crippen molar-refractivity contribution in [2.24, 2.45) is 0 Å². The van der Waals surface area contributed by atoms with E-state index in [1.165, 1.54) is 48.4 Å². The summed E-state index contributed by atoms with van der Waals surface area (Å²) in [6, 6.07) is 8.67. The van der Waals surface area contributed by atoms with Crippen molar-refractivity contribution >= 4 is 16.9 Å². The number of nitrogens with zero attached hydrogens (tertiary/aromatic N) is 3. The molecule has 164 valence electrons. The average Bonchev–Trinajstić information content (AvgIpc) is 3.46. The smallest absolute Gasteiger partial charge is 0.137 e. The Labute approximate surface area is 194 Å². The molecule has 1 aliphatic heterocycles. The van der Waals surface area contributed by atoms with Crippen molar-refractivity contribution in [1.29, 1.82) is 5.26 Å². The molecule has 1 atom stereocenters. The minimum absolute atomic E-state index is 0.0360. The minimum atomic E-state index is 0.0360. The van der Waals surface area contributed by atoms with Gasteiger partial charge in [0, 0.05) is 17.8 Å². The van der Waals surface area contributed by atoms with Crippen molar-refractivity contribution in [3.63, 3.8) is 0 Å². The number of aromatic nitrogens is 1. The van der Waals surface area contributed by atoms with Crippen LogP contribution >= 0.6 is 11.3 Å². The zero-order chi connectivity index (χ0) is 22.1. The van der Waals surface area contributed by atoms with Gasteiger partial charge in [0.25, 0.3) is 0 Å². The Morgan fingerprint density at radius 2 is 2.09 bits per heavy atom. The third-order valence-corrected chi connectivity index (χ3v) is 7.66. The lowest BCUT2D eigenvalue weighted by Gasteiger charge is -2.34. The molecule has 2 bridgehead atoms. The fraction of sp³-hybridized carbons (Fsp3) is 0.407. The predicted octanol–water partition coefficient (Wildman–Crippen LogP) is 6.37. The van der Waals surface area contributed by atoms with Crippen molar-refractivity contribution < 1.29 is 4.74 Å². The Kier molecular flexibility index (Phi) is 5.99. The first kappa shape index (κ1) is 21.2. The van der Waals surface area contributed by atoms with Gasteiger partial charge in [-0.1, -0.05) is 23.8 Å². The van der Waals surface area contributed by atoms with Crippen LogP contribution < -0.4 is 4.74 Å². The maximum Gasteiger partial charge on any atom is 0.137 e. The van der Waals surface area contributed by atoms with Gasteiger partial charge in [0.05, 0.1) is 16.5 Å². The Bertz CT molecular complexity index is 1140. The summed E-state index contributed by atoms with van der Waals surface area (Å²) in [7, 11) is 0. The van der Waals surface area contributed by atoms with E-state index in [2.05, 4.69) is 29.2 Å². The number of hydrogen-bond acceptors (Lipinski definition) is 5. The molecule has 2 heterocycles. The quantitative estimate of drug-likeness (QED) is 0.539. The van der Waals surface area contributed by atoms with E-state index in [9.17, 15) is 5.26 Å². The molecule has 5 rings (SSSR count). The van der Waals surface area contributed by atoms with Gasteiger partial charge in [0.1, 0.15) is 16.8 Å². The van der Waals surface area contributed by atoms with Crippen LogP contribution in [-0.4, -0.2) is 35.1 Å². The number of nitriles is 1. The highest BCUT2D eigenvalue weighted by Crippen LogP contribution is 2.41. The number of rotatable bonds is 5. The van der Waals surface area contributed by atoms with E-state index in [4.69, 9.17) is 9.72 Å². The van der Waals surface area contributed by atoms with Crippen LogP contribution in [-0.2, 0) is 0 Å². The third kappa shape index (κ3) is 4.18. The van der Waals surface area contributed by atoms with Crippen LogP contribution in [0.1, 0.15) is 56.4 Å². The van der Waals surface area contributed by atoms with Crippen LogP contribution in [0, 0.1) is 11.3 Å². The van der Waals surface area contributed by atoms with Crippen LogP contribution in [0.25, 0.3) is 16.1 Å². The first-order chi connectivity index (χ1) is 15.6. The highest BCUT2D eigenvalue weighted by Gasteiger charge is 2.30. The number of likely N-dealkylation sites (tertiary alicyclic amines) is 1. The molecule has 4 nitrogen and oxygen atoms in total. The van der Waals surface area contributed by atoms with Gasteiger partial charge < -0.3 is 4.74 Å². The number of ether oxygens (including phenoxy) is 1. The lowest BCUT2D eigenvalue weighted by atomic mass is 9.84. The summed E-state index contributed by atoms with van der Waals surface area (Å²) in [6.45, 7) is 6.44. The fourth-order valence-electron chi connectivity index (χ4n) is 5.10. The average molecular weight is 444 g/mol. The number of allylic oxidation sites excluding steroid dienone is 5. The van der Waals surface area contributed by atoms with Gasteiger partial charge in [-0.15, -0.1) is 11.3 Å². The number of fused-ring (bicyclic) bond motifs is 2. The van der Waals surface area contributed by atoms with E-state index in [0.29, 0.717) is 17.4 Å². The maximum absolute atomic E-state index is 9.57. The molecule has 1 saturated heterocycles. The molecule has 1 aromatic carbocycles. The lowest BCUT2D eigenvalue weighted by Crippen LogP contribution is -2.36. The van der Waals surface area contributed by atoms with E-state index in [-0.39, 0.29) is 6.10 Å². The first-order valence-corrected chi connectivity index (χ1v) is 12.4. The summed E-state index contributed by atoms with van der Waals surface area (Å²) in [6.07, 6.45) is 15.0. The molecule has 1 aromatic heterocycles. The predicted molar refractivity (Wildman–Crippen MR) is 131 cm³/mol. The molecule has 1 unspecified atom stereocenters. The standard InChI is InChI=1S/C27H29N3OS/c1-18(2)31-25-11-9-21(15-22(25)16-28)27-29-17-26(32-27)23-7-5-6-20-14-19(23)8-10-24(20)30-12-3-4-13-30/h5-7,9,11,15,17-18,24H,3-4,8,10,12-14H2,1-2H3. The highest BCUT2D eigenvalue weighted by molar-refractivity contribution is 7.16. The zero-order valence-electron chi connectivity index (χ0n) is 18.8. The second-order valence-corrected chi connectivity index (χ2v) is 10.1. The van der Waals surface area contributed by atoms with Crippen molar-refractivity contribution in [3.05, 3.63) is 64.2 Å². The number of hydrogen-bond donors (Lipinski definition) is 0. The zero-order valence-corrected chi connectivity index (χ0v) is 19.6. The Morgan fingerprint density at radius 3 is 2.88 bits per heavy atom. The molecule has 0 N–H and O–H groups in total.